The Labute approximate surface area is 219 Å². The van der Waals surface area contributed by atoms with E-state index in [1.165, 1.54) is 4.90 Å². The highest BCUT2D eigenvalue weighted by Crippen LogP contribution is 2.30. The van der Waals surface area contributed by atoms with Crippen LogP contribution in [0, 0.1) is 0 Å². The first-order valence-corrected chi connectivity index (χ1v) is 12.0. The summed E-state index contributed by atoms with van der Waals surface area (Å²) in [5.74, 6) is -1.78. The molecule has 8 nitrogen and oxygen atoms in total. The van der Waals surface area contributed by atoms with Crippen LogP contribution in [0.15, 0.2) is 72.8 Å². The first kappa shape index (κ1) is 25.9. The van der Waals surface area contributed by atoms with Gasteiger partial charge in [-0.1, -0.05) is 41.9 Å². The molecular weight excluding hydrogens is 494 g/mol. The third kappa shape index (κ3) is 5.20. The third-order valence-electron chi connectivity index (χ3n) is 6.34. The number of benzene rings is 3. The topological polar surface area (TPSA) is 96.0 Å². The van der Waals surface area contributed by atoms with E-state index >= 15 is 0 Å². The number of ketones is 1. The lowest BCUT2D eigenvalue weighted by atomic mass is 9.99. The molecule has 9 heteroatoms. The van der Waals surface area contributed by atoms with Gasteiger partial charge in [0.2, 0.25) is 11.8 Å². The average molecular weight is 520 g/mol. The van der Waals surface area contributed by atoms with Gasteiger partial charge in [0, 0.05) is 17.3 Å². The standard InChI is InChI=1S/C28H26ClN3O5/c1-28(2,27(36)30-19-12-14-20(37-3)15-13-19)32(16-18-8-4-6-10-22(18)29)24(33)17-31-23-11-7-5-9-21(23)25(34)26(31)35/h4-15H,16-17H2,1-3H3,(H,30,36). The molecule has 1 aliphatic rings. The monoisotopic (exact) mass is 519 g/mol. The molecule has 0 atom stereocenters. The molecule has 0 aliphatic carbocycles. The van der Waals surface area contributed by atoms with Crippen LogP contribution in [0.1, 0.15) is 29.8 Å². The van der Waals surface area contributed by atoms with Crippen molar-refractivity contribution in [2.24, 2.45) is 0 Å². The van der Waals surface area contributed by atoms with Gasteiger partial charge in [0.05, 0.1) is 18.4 Å². The van der Waals surface area contributed by atoms with Crippen LogP contribution in [0.5, 0.6) is 5.75 Å². The molecule has 3 aromatic rings. The lowest BCUT2D eigenvalue weighted by Gasteiger charge is -2.38. The van der Waals surface area contributed by atoms with Crippen molar-refractivity contribution in [2.75, 3.05) is 23.9 Å². The highest BCUT2D eigenvalue weighted by Gasteiger charge is 2.42. The fraction of sp³-hybridized carbons (Fsp3) is 0.214. The summed E-state index contributed by atoms with van der Waals surface area (Å²) < 4.78 is 5.16. The predicted octanol–water partition coefficient (Wildman–Crippen LogP) is 4.32. The summed E-state index contributed by atoms with van der Waals surface area (Å²) in [5.41, 5.74) is 0.409. The van der Waals surface area contributed by atoms with E-state index in [9.17, 15) is 19.2 Å². The van der Waals surface area contributed by atoms with Crippen molar-refractivity contribution in [3.8, 4) is 5.75 Å². The number of halogens is 1. The normalized spacial score (nSPS) is 12.8. The number of hydrogen-bond acceptors (Lipinski definition) is 5. The molecule has 0 aromatic heterocycles. The van der Waals surface area contributed by atoms with Gasteiger partial charge in [-0.05, 0) is 61.9 Å². The van der Waals surface area contributed by atoms with Crippen molar-refractivity contribution >= 4 is 46.5 Å². The average Bonchev–Trinajstić information content (AvgIpc) is 3.13. The molecule has 0 fully saturated rings. The summed E-state index contributed by atoms with van der Waals surface area (Å²) in [5, 5.41) is 3.27. The van der Waals surface area contributed by atoms with Crippen LogP contribution in [0.4, 0.5) is 11.4 Å². The molecule has 0 spiro atoms. The summed E-state index contributed by atoms with van der Waals surface area (Å²) in [4.78, 5) is 54.9. The number of hydrogen-bond donors (Lipinski definition) is 1. The van der Waals surface area contributed by atoms with Crippen LogP contribution in [-0.2, 0) is 20.9 Å². The molecule has 0 saturated carbocycles. The number of carbonyl (C=O) groups is 4. The Balaban J connectivity index is 1.64. The Bertz CT molecular complexity index is 1370. The molecule has 4 rings (SSSR count). The molecule has 3 amide bonds. The van der Waals surface area contributed by atoms with Gasteiger partial charge in [-0.25, -0.2) is 0 Å². The number of Topliss-reactive ketones (excluding diaryl/α,β-unsaturated/α-hetero) is 1. The largest absolute Gasteiger partial charge is 0.497 e. The number of para-hydroxylation sites is 1. The van der Waals surface area contributed by atoms with Gasteiger partial charge in [-0.2, -0.15) is 0 Å². The first-order chi connectivity index (χ1) is 17.6. The predicted molar refractivity (Wildman–Crippen MR) is 141 cm³/mol. The summed E-state index contributed by atoms with van der Waals surface area (Å²) in [6.45, 7) is 2.83. The summed E-state index contributed by atoms with van der Waals surface area (Å²) in [6, 6.07) is 20.3. The number of rotatable bonds is 8. The van der Waals surface area contributed by atoms with Crippen molar-refractivity contribution < 1.29 is 23.9 Å². The van der Waals surface area contributed by atoms with E-state index in [1.54, 1.807) is 93.8 Å². The van der Waals surface area contributed by atoms with E-state index < -0.39 is 35.6 Å². The van der Waals surface area contributed by atoms with Gasteiger partial charge < -0.3 is 15.0 Å². The van der Waals surface area contributed by atoms with E-state index in [-0.39, 0.29) is 12.1 Å². The molecule has 3 aromatic carbocycles. The minimum atomic E-state index is -1.36. The number of nitrogens with zero attached hydrogens (tertiary/aromatic N) is 2. The van der Waals surface area contributed by atoms with Crippen molar-refractivity contribution in [2.45, 2.75) is 25.9 Å². The molecule has 1 heterocycles. The van der Waals surface area contributed by atoms with Crippen molar-refractivity contribution in [1.29, 1.82) is 0 Å². The molecular formula is C28H26ClN3O5. The zero-order valence-corrected chi connectivity index (χ0v) is 21.4. The highest BCUT2D eigenvalue weighted by molar-refractivity contribution is 6.52. The minimum absolute atomic E-state index is 0.0131. The Hall–Kier alpha value is -4.17. The molecule has 1 N–H and O–H groups in total. The maximum absolute atomic E-state index is 13.7. The number of methoxy groups -OCH3 is 1. The van der Waals surface area contributed by atoms with Crippen LogP contribution >= 0.6 is 11.6 Å². The Morgan fingerprint density at radius 1 is 0.973 bits per heavy atom. The molecule has 0 radical (unpaired) electrons. The molecule has 1 aliphatic heterocycles. The van der Waals surface area contributed by atoms with Crippen LogP contribution < -0.4 is 15.0 Å². The number of carbonyl (C=O) groups excluding carboxylic acids is 4. The van der Waals surface area contributed by atoms with Crippen LogP contribution in [-0.4, -0.2) is 47.6 Å². The quantitative estimate of drug-likeness (QED) is 0.447. The van der Waals surface area contributed by atoms with Crippen molar-refractivity contribution in [3.63, 3.8) is 0 Å². The van der Waals surface area contributed by atoms with Gasteiger partial charge in [0.25, 0.3) is 11.7 Å². The van der Waals surface area contributed by atoms with Crippen LogP contribution in [0.25, 0.3) is 0 Å². The van der Waals surface area contributed by atoms with E-state index in [4.69, 9.17) is 16.3 Å². The second kappa shape index (κ2) is 10.4. The van der Waals surface area contributed by atoms with Gasteiger partial charge in [-0.3, -0.25) is 24.1 Å². The van der Waals surface area contributed by atoms with Crippen molar-refractivity contribution in [3.05, 3.63) is 88.9 Å². The number of nitrogens with one attached hydrogen (secondary N) is 1. The molecule has 190 valence electrons. The third-order valence-corrected chi connectivity index (χ3v) is 6.71. The number of fused-ring (bicyclic) bond motifs is 1. The van der Waals surface area contributed by atoms with E-state index in [2.05, 4.69) is 5.32 Å². The fourth-order valence-corrected chi connectivity index (χ4v) is 4.30. The molecule has 0 saturated heterocycles. The minimum Gasteiger partial charge on any atom is -0.497 e. The summed E-state index contributed by atoms with van der Waals surface area (Å²) in [7, 11) is 1.55. The molecule has 0 unspecified atom stereocenters. The number of amides is 3. The highest BCUT2D eigenvalue weighted by atomic mass is 35.5. The zero-order valence-electron chi connectivity index (χ0n) is 20.7. The maximum Gasteiger partial charge on any atom is 0.299 e. The lowest BCUT2D eigenvalue weighted by molar-refractivity contribution is -0.143. The number of ether oxygens (including phenoxy) is 1. The molecule has 0 bridgehead atoms. The van der Waals surface area contributed by atoms with Crippen LogP contribution in [0.3, 0.4) is 0 Å². The summed E-state index contributed by atoms with van der Waals surface area (Å²) >= 11 is 6.38. The SMILES string of the molecule is COc1ccc(NC(=O)C(C)(C)N(Cc2ccccc2Cl)C(=O)CN2C(=O)C(=O)c3ccccc32)cc1. The van der Waals surface area contributed by atoms with Gasteiger partial charge in [0.1, 0.15) is 17.8 Å². The molecule has 37 heavy (non-hydrogen) atoms. The second-order valence-corrected chi connectivity index (χ2v) is 9.46. The second-order valence-electron chi connectivity index (χ2n) is 9.05. The Morgan fingerprint density at radius 2 is 1.62 bits per heavy atom. The van der Waals surface area contributed by atoms with E-state index in [0.717, 1.165) is 4.90 Å². The van der Waals surface area contributed by atoms with Gasteiger partial charge in [0.15, 0.2) is 0 Å². The Kier molecular flexibility index (Phi) is 7.31. The van der Waals surface area contributed by atoms with Crippen LogP contribution in [0.2, 0.25) is 5.02 Å². The fourth-order valence-electron chi connectivity index (χ4n) is 4.10. The maximum atomic E-state index is 13.7. The lowest BCUT2D eigenvalue weighted by Crippen LogP contribution is -2.57. The Morgan fingerprint density at radius 3 is 2.30 bits per heavy atom. The number of anilines is 2. The van der Waals surface area contributed by atoms with Crippen molar-refractivity contribution in [1.82, 2.24) is 4.90 Å². The zero-order chi connectivity index (χ0) is 26.7. The van der Waals surface area contributed by atoms with Gasteiger partial charge in [-0.15, -0.1) is 0 Å². The van der Waals surface area contributed by atoms with E-state index in [1.807, 2.05) is 0 Å². The summed E-state index contributed by atoms with van der Waals surface area (Å²) in [6.07, 6.45) is 0. The smallest absolute Gasteiger partial charge is 0.299 e. The first-order valence-electron chi connectivity index (χ1n) is 11.6. The van der Waals surface area contributed by atoms with E-state index in [0.29, 0.717) is 27.7 Å². The van der Waals surface area contributed by atoms with Gasteiger partial charge >= 0.3 is 0 Å².